The first-order valence-electron chi connectivity index (χ1n) is 5.41. The van der Waals surface area contributed by atoms with E-state index in [9.17, 15) is 9.59 Å². The van der Waals surface area contributed by atoms with Crippen molar-refractivity contribution >= 4 is 29.2 Å². The molecule has 0 aliphatic heterocycles. The molecule has 6 heteroatoms. The van der Waals surface area contributed by atoms with Gasteiger partial charge < -0.3 is 15.4 Å². The van der Waals surface area contributed by atoms with E-state index < -0.39 is 5.97 Å². The van der Waals surface area contributed by atoms with Gasteiger partial charge in [0.1, 0.15) is 6.54 Å². The minimum absolute atomic E-state index is 0.112. The number of hydrogen-bond acceptors (Lipinski definition) is 4. The van der Waals surface area contributed by atoms with Gasteiger partial charge in [0.05, 0.1) is 6.61 Å². The van der Waals surface area contributed by atoms with E-state index >= 15 is 0 Å². The Morgan fingerprint density at radius 2 is 2.06 bits per heavy atom. The van der Waals surface area contributed by atoms with Crippen LogP contribution >= 0.6 is 11.6 Å². The van der Waals surface area contributed by atoms with Crippen LogP contribution in [0, 0.1) is 0 Å². The quantitative estimate of drug-likeness (QED) is 0.666. The summed E-state index contributed by atoms with van der Waals surface area (Å²) in [5, 5.41) is 0.378. The topological polar surface area (TPSA) is 72.6 Å². The fraction of sp³-hybridized carbons (Fsp3) is 0.333. The molecule has 0 aliphatic rings. The van der Waals surface area contributed by atoms with E-state index in [1.807, 2.05) is 0 Å². The Bertz CT molecular complexity index is 442. The molecule has 98 valence electrons. The zero-order valence-electron chi connectivity index (χ0n) is 10.3. The predicted molar refractivity (Wildman–Crippen MR) is 69.5 cm³/mol. The molecule has 0 saturated heterocycles. The molecule has 0 unspecified atom stereocenters. The first-order valence-corrected chi connectivity index (χ1v) is 5.79. The van der Waals surface area contributed by atoms with Gasteiger partial charge >= 0.3 is 5.97 Å². The molecule has 0 atom stereocenters. The number of ether oxygens (including phenoxy) is 1. The van der Waals surface area contributed by atoms with E-state index in [-0.39, 0.29) is 19.1 Å². The second-order valence-electron chi connectivity index (χ2n) is 3.74. The van der Waals surface area contributed by atoms with E-state index in [1.165, 1.54) is 24.1 Å². The third kappa shape index (κ3) is 3.92. The van der Waals surface area contributed by atoms with Crippen molar-refractivity contribution < 1.29 is 14.3 Å². The van der Waals surface area contributed by atoms with Crippen molar-refractivity contribution in [3.05, 3.63) is 28.8 Å². The molecule has 0 bridgehead atoms. The van der Waals surface area contributed by atoms with Crippen molar-refractivity contribution in [1.82, 2.24) is 4.90 Å². The summed E-state index contributed by atoms with van der Waals surface area (Å²) in [5.41, 5.74) is 6.34. The van der Waals surface area contributed by atoms with E-state index in [0.717, 1.165) is 0 Å². The van der Waals surface area contributed by atoms with Gasteiger partial charge in [0, 0.05) is 23.3 Å². The zero-order chi connectivity index (χ0) is 13.7. The minimum Gasteiger partial charge on any atom is -0.465 e. The van der Waals surface area contributed by atoms with Gasteiger partial charge in [-0.15, -0.1) is 0 Å². The third-order valence-electron chi connectivity index (χ3n) is 2.19. The third-order valence-corrected chi connectivity index (χ3v) is 2.40. The number of halogens is 1. The molecule has 0 aromatic heterocycles. The molecule has 18 heavy (non-hydrogen) atoms. The maximum atomic E-state index is 12.0. The molecule has 0 fully saturated rings. The SMILES string of the molecule is CCOC(=O)CN(C)C(=O)c1cc(N)cc(Cl)c1. The number of rotatable bonds is 4. The lowest BCUT2D eigenvalue weighted by molar-refractivity contribution is -0.143. The van der Waals surface area contributed by atoms with E-state index in [0.29, 0.717) is 16.3 Å². The minimum atomic E-state index is -0.455. The van der Waals surface area contributed by atoms with Crippen molar-refractivity contribution in [1.29, 1.82) is 0 Å². The number of nitrogen functional groups attached to an aromatic ring is 1. The molecule has 1 aromatic rings. The van der Waals surface area contributed by atoms with Crippen LogP contribution in [0.3, 0.4) is 0 Å². The molecule has 0 saturated carbocycles. The molecular weight excluding hydrogens is 256 g/mol. The number of esters is 1. The van der Waals surface area contributed by atoms with Gasteiger partial charge in [0.2, 0.25) is 0 Å². The fourth-order valence-corrected chi connectivity index (χ4v) is 1.67. The molecule has 2 N–H and O–H groups in total. The van der Waals surface area contributed by atoms with Gasteiger partial charge in [-0.05, 0) is 25.1 Å². The van der Waals surface area contributed by atoms with Crippen LogP contribution in [0.2, 0.25) is 5.02 Å². The Morgan fingerprint density at radius 3 is 2.61 bits per heavy atom. The van der Waals surface area contributed by atoms with Crippen molar-refractivity contribution in [2.45, 2.75) is 6.92 Å². The number of anilines is 1. The second-order valence-corrected chi connectivity index (χ2v) is 4.18. The summed E-state index contributed by atoms with van der Waals surface area (Å²) in [4.78, 5) is 24.5. The first kappa shape index (κ1) is 14.3. The molecule has 0 heterocycles. The van der Waals surface area contributed by atoms with Gasteiger partial charge in [-0.2, -0.15) is 0 Å². The molecule has 0 spiro atoms. The number of nitrogens with zero attached hydrogens (tertiary/aromatic N) is 1. The van der Waals surface area contributed by atoms with Crippen LogP contribution in [0.25, 0.3) is 0 Å². The molecule has 0 aliphatic carbocycles. The van der Waals surface area contributed by atoms with E-state index in [4.69, 9.17) is 22.1 Å². The zero-order valence-corrected chi connectivity index (χ0v) is 11.0. The number of benzene rings is 1. The summed E-state index contributed by atoms with van der Waals surface area (Å²) in [5.74, 6) is -0.791. The van der Waals surface area contributed by atoms with Crippen LogP contribution in [0.15, 0.2) is 18.2 Å². The Labute approximate surface area is 110 Å². The number of nitrogens with two attached hydrogens (primary N) is 1. The Kier molecular flexibility index (Phi) is 4.97. The predicted octanol–water partition coefficient (Wildman–Crippen LogP) is 1.56. The monoisotopic (exact) mass is 270 g/mol. The highest BCUT2D eigenvalue weighted by Gasteiger charge is 2.16. The van der Waals surface area contributed by atoms with Crippen molar-refractivity contribution in [2.75, 3.05) is 25.9 Å². The molecule has 5 nitrogen and oxygen atoms in total. The van der Waals surface area contributed by atoms with Gasteiger partial charge in [-0.1, -0.05) is 11.6 Å². The van der Waals surface area contributed by atoms with Crippen LogP contribution < -0.4 is 5.73 Å². The molecule has 1 amide bonds. The number of likely N-dealkylation sites (N-methyl/N-ethyl adjacent to an activating group) is 1. The number of carbonyl (C=O) groups is 2. The normalized spacial score (nSPS) is 9.94. The summed E-state index contributed by atoms with van der Waals surface area (Å²) in [6.45, 7) is 1.88. The van der Waals surface area contributed by atoms with Crippen LogP contribution in [0.1, 0.15) is 17.3 Å². The van der Waals surface area contributed by atoms with Gasteiger partial charge in [-0.25, -0.2) is 0 Å². The number of amides is 1. The maximum Gasteiger partial charge on any atom is 0.325 e. The summed E-state index contributed by atoms with van der Waals surface area (Å²) in [6.07, 6.45) is 0. The van der Waals surface area contributed by atoms with Crippen LogP contribution in [0.4, 0.5) is 5.69 Å². The van der Waals surface area contributed by atoms with Crippen molar-refractivity contribution in [3.8, 4) is 0 Å². The Morgan fingerprint density at radius 1 is 1.39 bits per heavy atom. The van der Waals surface area contributed by atoms with E-state index in [2.05, 4.69) is 0 Å². The lowest BCUT2D eigenvalue weighted by atomic mass is 10.2. The summed E-state index contributed by atoms with van der Waals surface area (Å²) in [6, 6.07) is 4.56. The summed E-state index contributed by atoms with van der Waals surface area (Å²) in [7, 11) is 1.51. The van der Waals surface area contributed by atoms with Crippen LogP contribution in [-0.4, -0.2) is 37.0 Å². The highest BCUT2D eigenvalue weighted by molar-refractivity contribution is 6.31. The van der Waals surface area contributed by atoms with Crippen LogP contribution in [-0.2, 0) is 9.53 Å². The average Bonchev–Trinajstić information content (AvgIpc) is 2.26. The first-order chi connectivity index (χ1) is 8.43. The summed E-state index contributed by atoms with van der Waals surface area (Å²) >= 11 is 5.81. The smallest absolute Gasteiger partial charge is 0.325 e. The number of hydrogen-bond donors (Lipinski definition) is 1. The van der Waals surface area contributed by atoms with Gasteiger partial charge in [0.15, 0.2) is 0 Å². The second kappa shape index (κ2) is 6.26. The van der Waals surface area contributed by atoms with E-state index in [1.54, 1.807) is 13.0 Å². The largest absolute Gasteiger partial charge is 0.465 e. The number of carbonyl (C=O) groups excluding carboxylic acids is 2. The highest BCUT2D eigenvalue weighted by Crippen LogP contribution is 2.17. The Hall–Kier alpha value is -1.75. The van der Waals surface area contributed by atoms with Crippen molar-refractivity contribution in [3.63, 3.8) is 0 Å². The fourth-order valence-electron chi connectivity index (χ4n) is 1.43. The maximum absolute atomic E-state index is 12.0. The highest BCUT2D eigenvalue weighted by atomic mass is 35.5. The Balaban J connectivity index is 2.77. The summed E-state index contributed by atoms with van der Waals surface area (Å²) < 4.78 is 4.76. The van der Waals surface area contributed by atoms with Crippen molar-refractivity contribution in [2.24, 2.45) is 0 Å². The van der Waals surface area contributed by atoms with Gasteiger partial charge in [-0.3, -0.25) is 9.59 Å². The lowest BCUT2D eigenvalue weighted by Crippen LogP contribution is -2.33. The average molecular weight is 271 g/mol. The molecular formula is C12H15ClN2O3. The molecule has 1 rings (SSSR count). The molecule has 1 aromatic carbocycles. The van der Waals surface area contributed by atoms with Gasteiger partial charge in [0.25, 0.3) is 5.91 Å². The van der Waals surface area contributed by atoms with Crippen LogP contribution in [0.5, 0.6) is 0 Å². The standard InChI is InChI=1S/C12H15ClN2O3/c1-3-18-11(16)7-15(2)12(17)8-4-9(13)6-10(14)5-8/h4-6H,3,7,14H2,1-2H3. The molecule has 0 radical (unpaired) electrons. The lowest BCUT2D eigenvalue weighted by Gasteiger charge is -2.16.